The van der Waals surface area contributed by atoms with Gasteiger partial charge in [-0.2, -0.15) is 0 Å². The molecule has 2 aromatic carbocycles. The van der Waals surface area contributed by atoms with E-state index >= 15 is 0 Å². The minimum Gasteiger partial charge on any atom is -0.497 e. The fourth-order valence-electron chi connectivity index (χ4n) is 2.64. The van der Waals surface area contributed by atoms with Crippen LogP contribution in [0.15, 0.2) is 51.4 Å². The molecular formula is C19H18BrNO3. The third-order valence-electron chi connectivity index (χ3n) is 4.07. The van der Waals surface area contributed by atoms with Crippen molar-refractivity contribution in [1.82, 2.24) is 5.32 Å². The van der Waals surface area contributed by atoms with Crippen molar-refractivity contribution >= 4 is 32.8 Å². The molecule has 1 amide bonds. The quantitative estimate of drug-likeness (QED) is 0.684. The Labute approximate surface area is 148 Å². The highest BCUT2D eigenvalue weighted by atomic mass is 79.9. The van der Waals surface area contributed by atoms with Crippen molar-refractivity contribution in [1.29, 1.82) is 0 Å². The van der Waals surface area contributed by atoms with Gasteiger partial charge in [0.2, 0.25) is 0 Å². The Bertz CT molecular complexity index is 884. The van der Waals surface area contributed by atoms with E-state index in [-0.39, 0.29) is 11.9 Å². The predicted molar refractivity (Wildman–Crippen MR) is 97.5 cm³/mol. The first-order valence-electron chi connectivity index (χ1n) is 7.63. The summed E-state index contributed by atoms with van der Waals surface area (Å²) in [5.74, 6) is 0.849. The highest BCUT2D eigenvalue weighted by molar-refractivity contribution is 9.10. The summed E-state index contributed by atoms with van der Waals surface area (Å²) in [5, 5.41) is 3.87. The Kier molecular flexibility index (Phi) is 4.62. The molecule has 0 bridgehead atoms. The smallest absolute Gasteiger partial charge is 0.287 e. The number of halogens is 1. The van der Waals surface area contributed by atoms with Crippen molar-refractivity contribution in [2.75, 3.05) is 7.11 Å². The van der Waals surface area contributed by atoms with E-state index in [0.717, 1.165) is 26.7 Å². The standard InChI is InChI=1S/C19H18BrNO3/c1-11-16-10-15(23-3)8-9-17(16)24-18(11)19(22)21-12(2)13-4-6-14(20)7-5-13/h4-10,12H,1-3H3,(H,21,22)/t12-/m0/s1. The van der Waals surface area contributed by atoms with Gasteiger partial charge in [0.05, 0.1) is 13.2 Å². The fraction of sp³-hybridized carbons (Fsp3) is 0.211. The molecular weight excluding hydrogens is 370 g/mol. The molecule has 0 radical (unpaired) electrons. The molecule has 0 aliphatic heterocycles. The number of hydrogen-bond acceptors (Lipinski definition) is 3. The lowest BCUT2D eigenvalue weighted by molar-refractivity contribution is 0.0913. The zero-order chi connectivity index (χ0) is 17.3. The van der Waals surface area contributed by atoms with Gasteiger partial charge in [0.1, 0.15) is 11.3 Å². The van der Waals surface area contributed by atoms with Gasteiger partial charge in [-0.25, -0.2) is 0 Å². The first-order chi connectivity index (χ1) is 11.5. The van der Waals surface area contributed by atoms with Crippen LogP contribution in [0.5, 0.6) is 5.75 Å². The maximum Gasteiger partial charge on any atom is 0.287 e. The number of rotatable bonds is 4. The van der Waals surface area contributed by atoms with E-state index in [0.29, 0.717) is 11.3 Å². The van der Waals surface area contributed by atoms with E-state index in [4.69, 9.17) is 9.15 Å². The first-order valence-corrected chi connectivity index (χ1v) is 8.42. The molecule has 0 aliphatic carbocycles. The van der Waals surface area contributed by atoms with E-state index in [9.17, 15) is 4.79 Å². The number of amides is 1. The number of methoxy groups -OCH3 is 1. The molecule has 1 N–H and O–H groups in total. The van der Waals surface area contributed by atoms with Gasteiger partial charge in [0, 0.05) is 15.4 Å². The summed E-state index contributed by atoms with van der Waals surface area (Å²) in [4.78, 5) is 12.6. The van der Waals surface area contributed by atoms with E-state index in [1.807, 2.05) is 56.3 Å². The van der Waals surface area contributed by atoms with Crippen LogP contribution in [0.1, 0.15) is 34.6 Å². The van der Waals surface area contributed by atoms with Gasteiger partial charge in [-0.3, -0.25) is 4.79 Å². The number of ether oxygens (including phenoxy) is 1. The van der Waals surface area contributed by atoms with Crippen molar-refractivity contribution < 1.29 is 13.9 Å². The van der Waals surface area contributed by atoms with Crippen LogP contribution in [0, 0.1) is 6.92 Å². The third-order valence-corrected chi connectivity index (χ3v) is 4.60. The summed E-state index contributed by atoms with van der Waals surface area (Å²) in [5.41, 5.74) is 2.51. The van der Waals surface area contributed by atoms with E-state index in [1.165, 1.54) is 0 Å². The van der Waals surface area contributed by atoms with Crippen LogP contribution >= 0.6 is 15.9 Å². The molecule has 0 spiro atoms. The van der Waals surface area contributed by atoms with Gasteiger partial charge in [0.15, 0.2) is 5.76 Å². The summed E-state index contributed by atoms with van der Waals surface area (Å²) in [6.07, 6.45) is 0. The molecule has 5 heteroatoms. The number of benzene rings is 2. The Hall–Kier alpha value is -2.27. The van der Waals surface area contributed by atoms with E-state index in [2.05, 4.69) is 21.2 Å². The van der Waals surface area contributed by atoms with Crippen LogP contribution in [0.25, 0.3) is 11.0 Å². The fourth-order valence-corrected chi connectivity index (χ4v) is 2.90. The summed E-state index contributed by atoms with van der Waals surface area (Å²) < 4.78 is 12.0. The molecule has 4 nitrogen and oxygen atoms in total. The van der Waals surface area contributed by atoms with Gasteiger partial charge < -0.3 is 14.5 Å². The summed E-state index contributed by atoms with van der Waals surface area (Å²) in [6, 6.07) is 13.3. The number of fused-ring (bicyclic) bond motifs is 1. The topological polar surface area (TPSA) is 51.5 Å². The normalized spacial score (nSPS) is 12.2. The lowest BCUT2D eigenvalue weighted by Crippen LogP contribution is -2.26. The average molecular weight is 388 g/mol. The summed E-state index contributed by atoms with van der Waals surface area (Å²) in [7, 11) is 1.62. The molecule has 124 valence electrons. The number of aryl methyl sites for hydroxylation is 1. The zero-order valence-corrected chi connectivity index (χ0v) is 15.3. The highest BCUT2D eigenvalue weighted by Crippen LogP contribution is 2.29. The third kappa shape index (κ3) is 3.17. The van der Waals surface area contributed by atoms with Crippen LogP contribution in [-0.4, -0.2) is 13.0 Å². The van der Waals surface area contributed by atoms with Gasteiger partial charge >= 0.3 is 0 Å². The molecule has 0 fully saturated rings. The second-order valence-corrected chi connectivity index (χ2v) is 6.58. The molecule has 1 heterocycles. The summed E-state index contributed by atoms with van der Waals surface area (Å²) >= 11 is 3.41. The predicted octanol–water partition coefficient (Wildman–Crippen LogP) is 5.00. The van der Waals surface area contributed by atoms with Crippen molar-refractivity contribution in [3.63, 3.8) is 0 Å². The second-order valence-electron chi connectivity index (χ2n) is 5.66. The monoisotopic (exact) mass is 387 g/mol. The number of nitrogens with one attached hydrogen (secondary N) is 1. The molecule has 0 unspecified atom stereocenters. The molecule has 3 rings (SSSR count). The second kappa shape index (κ2) is 6.69. The van der Waals surface area contributed by atoms with Crippen molar-refractivity contribution in [3.05, 3.63) is 63.8 Å². The Balaban J connectivity index is 1.85. The van der Waals surface area contributed by atoms with Crippen LogP contribution in [-0.2, 0) is 0 Å². The largest absolute Gasteiger partial charge is 0.497 e. The van der Waals surface area contributed by atoms with Crippen molar-refractivity contribution in [2.24, 2.45) is 0 Å². The lowest BCUT2D eigenvalue weighted by atomic mass is 10.1. The van der Waals surface area contributed by atoms with Crippen LogP contribution in [0.3, 0.4) is 0 Å². The number of carbonyl (C=O) groups excluding carboxylic acids is 1. The Morgan fingerprint density at radius 3 is 2.58 bits per heavy atom. The zero-order valence-electron chi connectivity index (χ0n) is 13.7. The lowest BCUT2D eigenvalue weighted by Gasteiger charge is -2.13. The minimum absolute atomic E-state index is 0.118. The van der Waals surface area contributed by atoms with Gasteiger partial charge in [-0.1, -0.05) is 28.1 Å². The SMILES string of the molecule is COc1ccc2oc(C(=O)N[C@@H](C)c3ccc(Br)cc3)c(C)c2c1. The molecule has 0 saturated heterocycles. The van der Waals surface area contributed by atoms with Gasteiger partial charge in [-0.15, -0.1) is 0 Å². The first kappa shape index (κ1) is 16.6. The van der Waals surface area contributed by atoms with Crippen LogP contribution in [0.4, 0.5) is 0 Å². The maximum atomic E-state index is 12.6. The van der Waals surface area contributed by atoms with Crippen molar-refractivity contribution in [3.8, 4) is 5.75 Å². The summed E-state index contributed by atoms with van der Waals surface area (Å²) in [6.45, 7) is 3.83. The Morgan fingerprint density at radius 2 is 1.92 bits per heavy atom. The minimum atomic E-state index is -0.224. The number of carbonyl (C=O) groups is 1. The average Bonchev–Trinajstić information content (AvgIpc) is 2.91. The Morgan fingerprint density at radius 1 is 1.21 bits per heavy atom. The van der Waals surface area contributed by atoms with E-state index < -0.39 is 0 Å². The van der Waals surface area contributed by atoms with E-state index in [1.54, 1.807) is 7.11 Å². The van der Waals surface area contributed by atoms with Gasteiger partial charge in [-0.05, 0) is 49.7 Å². The van der Waals surface area contributed by atoms with Crippen LogP contribution < -0.4 is 10.1 Å². The molecule has 1 atom stereocenters. The molecule has 24 heavy (non-hydrogen) atoms. The number of furan rings is 1. The van der Waals surface area contributed by atoms with Crippen molar-refractivity contribution in [2.45, 2.75) is 19.9 Å². The molecule has 3 aromatic rings. The maximum absolute atomic E-state index is 12.6. The molecule has 0 aliphatic rings. The molecule has 0 saturated carbocycles. The molecule has 1 aromatic heterocycles. The van der Waals surface area contributed by atoms with Gasteiger partial charge in [0.25, 0.3) is 5.91 Å². The van der Waals surface area contributed by atoms with Crippen LogP contribution in [0.2, 0.25) is 0 Å². The number of hydrogen-bond donors (Lipinski definition) is 1. The highest BCUT2D eigenvalue weighted by Gasteiger charge is 2.20.